The van der Waals surface area contributed by atoms with Gasteiger partial charge in [0.05, 0.1) is 6.10 Å². The molecule has 1 atom stereocenters. The highest BCUT2D eigenvalue weighted by Crippen LogP contribution is 2.48. The normalized spacial score (nSPS) is 36.6. The first-order chi connectivity index (χ1) is 8.95. The van der Waals surface area contributed by atoms with Crippen LogP contribution in [0, 0.1) is 16.7 Å². The molecular formula is C17H31BrO. The van der Waals surface area contributed by atoms with Crippen LogP contribution in [-0.4, -0.2) is 18.0 Å². The van der Waals surface area contributed by atoms with E-state index in [1.54, 1.807) is 0 Å². The number of hydrogen-bond acceptors (Lipinski definition) is 1. The SMILES string of the molecule is CC(C)(C)C1CCC(CBr)(CCC2CCCO2)CC1. The Hall–Kier alpha value is 0.440. The molecule has 0 radical (unpaired) electrons. The van der Waals surface area contributed by atoms with E-state index in [4.69, 9.17) is 4.74 Å². The molecule has 2 fully saturated rings. The molecule has 1 saturated heterocycles. The van der Waals surface area contributed by atoms with Crippen molar-refractivity contribution in [3.63, 3.8) is 0 Å². The lowest BCUT2D eigenvalue weighted by atomic mass is 9.63. The first kappa shape index (κ1) is 15.8. The average molecular weight is 331 g/mol. The Bertz CT molecular complexity index is 267. The molecule has 0 spiro atoms. The fraction of sp³-hybridized carbons (Fsp3) is 1.00. The second-order valence-corrected chi connectivity index (χ2v) is 8.51. The second-order valence-electron chi connectivity index (χ2n) is 7.95. The van der Waals surface area contributed by atoms with E-state index < -0.39 is 0 Å². The molecule has 2 aliphatic rings. The number of ether oxygens (including phenoxy) is 1. The maximum atomic E-state index is 5.79. The molecule has 1 aliphatic carbocycles. The van der Waals surface area contributed by atoms with Crippen molar-refractivity contribution in [2.45, 2.75) is 78.2 Å². The summed E-state index contributed by atoms with van der Waals surface area (Å²) in [6.45, 7) is 8.22. The van der Waals surface area contributed by atoms with Crippen LogP contribution in [0.5, 0.6) is 0 Å². The van der Waals surface area contributed by atoms with E-state index in [-0.39, 0.29) is 0 Å². The highest BCUT2D eigenvalue weighted by molar-refractivity contribution is 9.09. The highest BCUT2D eigenvalue weighted by atomic mass is 79.9. The number of halogens is 1. The lowest BCUT2D eigenvalue weighted by Gasteiger charge is -2.44. The molecule has 19 heavy (non-hydrogen) atoms. The lowest BCUT2D eigenvalue weighted by molar-refractivity contribution is 0.0628. The quantitative estimate of drug-likeness (QED) is 0.613. The number of hydrogen-bond donors (Lipinski definition) is 0. The minimum atomic E-state index is 0.493. The molecule has 0 aromatic carbocycles. The van der Waals surface area contributed by atoms with Crippen molar-refractivity contribution in [2.24, 2.45) is 16.7 Å². The monoisotopic (exact) mass is 330 g/mol. The van der Waals surface area contributed by atoms with Crippen molar-refractivity contribution >= 4 is 15.9 Å². The van der Waals surface area contributed by atoms with Gasteiger partial charge in [-0.1, -0.05) is 36.7 Å². The molecule has 112 valence electrons. The smallest absolute Gasteiger partial charge is 0.0576 e. The van der Waals surface area contributed by atoms with Gasteiger partial charge in [-0.3, -0.25) is 0 Å². The summed E-state index contributed by atoms with van der Waals surface area (Å²) in [6, 6.07) is 0. The fourth-order valence-electron chi connectivity index (χ4n) is 3.89. The van der Waals surface area contributed by atoms with Gasteiger partial charge in [-0.2, -0.15) is 0 Å². The van der Waals surface area contributed by atoms with Crippen LogP contribution in [0.1, 0.15) is 72.1 Å². The second kappa shape index (κ2) is 6.47. The van der Waals surface area contributed by atoms with Crippen molar-refractivity contribution in [1.29, 1.82) is 0 Å². The fourth-order valence-corrected chi connectivity index (χ4v) is 4.73. The lowest BCUT2D eigenvalue weighted by Crippen LogP contribution is -2.34. The van der Waals surface area contributed by atoms with Crippen LogP contribution in [0.25, 0.3) is 0 Å². The molecule has 2 rings (SSSR count). The third-order valence-corrected chi connectivity index (χ3v) is 6.76. The molecule has 1 heterocycles. The Morgan fingerprint density at radius 3 is 2.32 bits per heavy atom. The zero-order chi connectivity index (χ0) is 13.9. The average Bonchev–Trinajstić information content (AvgIpc) is 2.89. The Balaban J connectivity index is 1.83. The first-order valence-electron chi connectivity index (χ1n) is 8.13. The van der Waals surface area contributed by atoms with Crippen molar-refractivity contribution in [3.05, 3.63) is 0 Å². The van der Waals surface area contributed by atoms with E-state index in [0.29, 0.717) is 16.9 Å². The zero-order valence-corrected chi connectivity index (χ0v) is 14.6. The Morgan fingerprint density at radius 2 is 1.84 bits per heavy atom. The van der Waals surface area contributed by atoms with Crippen LogP contribution in [-0.2, 0) is 4.74 Å². The number of alkyl halides is 1. The van der Waals surface area contributed by atoms with Crippen LogP contribution < -0.4 is 0 Å². The van der Waals surface area contributed by atoms with E-state index in [9.17, 15) is 0 Å². The summed E-state index contributed by atoms with van der Waals surface area (Å²) in [5, 5.41) is 1.18. The predicted molar refractivity (Wildman–Crippen MR) is 85.8 cm³/mol. The first-order valence-corrected chi connectivity index (χ1v) is 9.25. The van der Waals surface area contributed by atoms with E-state index in [2.05, 4.69) is 36.7 Å². The maximum absolute atomic E-state index is 5.79. The Morgan fingerprint density at radius 1 is 1.16 bits per heavy atom. The molecular weight excluding hydrogens is 300 g/mol. The van der Waals surface area contributed by atoms with Crippen LogP contribution in [0.4, 0.5) is 0 Å². The van der Waals surface area contributed by atoms with Gasteiger partial charge in [-0.25, -0.2) is 0 Å². The molecule has 0 aromatic rings. The largest absolute Gasteiger partial charge is 0.378 e. The van der Waals surface area contributed by atoms with Gasteiger partial charge in [0.15, 0.2) is 0 Å². The van der Waals surface area contributed by atoms with E-state index >= 15 is 0 Å². The summed E-state index contributed by atoms with van der Waals surface area (Å²) in [6.07, 6.45) is 11.4. The van der Waals surface area contributed by atoms with Gasteiger partial charge in [-0.15, -0.1) is 0 Å². The van der Waals surface area contributed by atoms with Gasteiger partial charge in [0.1, 0.15) is 0 Å². The van der Waals surface area contributed by atoms with Crippen LogP contribution in [0.2, 0.25) is 0 Å². The number of rotatable bonds is 4. The molecule has 1 saturated carbocycles. The van der Waals surface area contributed by atoms with Crippen molar-refractivity contribution in [3.8, 4) is 0 Å². The van der Waals surface area contributed by atoms with Crippen LogP contribution in [0.15, 0.2) is 0 Å². The van der Waals surface area contributed by atoms with Crippen molar-refractivity contribution < 1.29 is 4.74 Å². The summed E-state index contributed by atoms with van der Waals surface area (Å²) in [5.74, 6) is 0.919. The van der Waals surface area contributed by atoms with Crippen LogP contribution >= 0.6 is 15.9 Å². The van der Waals surface area contributed by atoms with Crippen LogP contribution in [0.3, 0.4) is 0 Å². The maximum Gasteiger partial charge on any atom is 0.0576 e. The topological polar surface area (TPSA) is 9.23 Å². The molecule has 0 N–H and O–H groups in total. The Kier molecular flexibility index (Phi) is 5.39. The molecule has 0 bridgehead atoms. The zero-order valence-electron chi connectivity index (χ0n) is 13.0. The molecule has 1 aliphatic heterocycles. The molecule has 1 unspecified atom stereocenters. The van der Waals surface area contributed by atoms with Gasteiger partial charge in [-0.05, 0) is 68.1 Å². The molecule has 1 nitrogen and oxygen atoms in total. The third kappa shape index (κ3) is 4.20. The van der Waals surface area contributed by atoms with E-state index in [0.717, 1.165) is 12.5 Å². The van der Waals surface area contributed by atoms with Gasteiger partial charge < -0.3 is 4.74 Å². The molecule has 0 aromatic heterocycles. The summed E-state index contributed by atoms with van der Waals surface area (Å²) in [7, 11) is 0. The molecule has 2 heteroatoms. The van der Waals surface area contributed by atoms with Gasteiger partial charge in [0, 0.05) is 11.9 Å². The summed E-state index contributed by atoms with van der Waals surface area (Å²) in [4.78, 5) is 0. The van der Waals surface area contributed by atoms with Crippen molar-refractivity contribution in [2.75, 3.05) is 11.9 Å². The predicted octanol–water partition coefficient (Wildman–Crippen LogP) is 5.56. The standard InChI is InChI=1S/C17H31BrO/c1-16(2,3)14-6-9-17(13-18,10-7-14)11-8-15-5-4-12-19-15/h14-15H,4-13H2,1-3H3. The third-order valence-electron chi connectivity index (χ3n) is 5.58. The van der Waals surface area contributed by atoms with Crippen molar-refractivity contribution in [1.82, 2.24) is 0 Å². The summed E-state index contributed by atoms with van der Waals surface area (Å²) >= 11 is 3.81. The summed E-state index contributed by atoms with van der Waals surface area (Å²) in [5.41, 5.74) is 1.06. The van der Waals surface area contributed by atoms with E-state index in [1.165, 1.54) is 56.7 Å². The minimum Gasteiger partial charge on any atom is -0.378 e. The highest BCUT2D eigenvalue weighted by Gasteiger charge is 2.38. The van der Waals surface area contributed by atoms with Gasteiger partial charge in [0.25, 0.3) is 0 Å². The molecule has 0 amide bonds. The van der Waals surface area contributed by atoms with Gasteiger partial charge >= 0.3 is 0 Å². The van der Waals surface area contributed by atoms with E-state index in [1.807, 2.05) is 0 Å². The Labute approximate surface area is 128 Å². The van der Waals surface area contributed by atoms with Gasteiger partial charge in [0.2, 0.25) is 0 Å². The summed E-state index contributed by atoms with van der Waals surface area (Å²) < 4.78 is 5.79. The minimum absolute atomic E-state index is 0.493.